The number of methoxy groups -OCH3 is 1. The Kier molecular flexibility index (Phi) is 5.52. The van der Waals surface area contributed by atoms with Crippen molar-refractivity contribution in [2.45, 2.75) is 21.4 Å². The largest absolute Gasteiger partial charge is 0.497 e. The van der Waals surface area contributed by atoms with E-state index in [0.29, 0.717) is 17.5 Å². The molecular weight excluding hydrogens is 352 g/mol. The Bertz CT molecular complexity index is 757. The Morgan fingerprint density at radius 3 is 2.48 bits per heavy atom. The first-order chi connectivity index (χ1) is 11.3. The fourth-order valence-electron chi connectivity index (χ4n) is 1.72. The van der Waals surface area contributed by atoms with Gasteiger partial charge in [0, 0.05) is 5.56 Å². The van der Waals surface area contributed by atoms with Crippen LogP contribution >= 0.6 is 34.9 Å². The third-order valence-electron chi connectivity index (χ3n) is 2.78. The summed E-state index contributed by atoms with van der Waals surface area (Å²) in [6.07, 6.45) is 0. The molecule has 2 heterocycles. The lowest BCUT2D eigenvalue weighted by molar-refractivity contribution is 0.415. The van der Waals surface area contributed by atoms with Gasteiger partial charge in [0.25, 0.3) is 0 Å². The van der Waals surface area contributed by atoms with Crippen LogP contribution in [0.1, 0.15) is 12.8 Å². The summed E-state index contributed by atoms with van der Waals surface area (Å²) in [5.74, 6) is 3.44. The number of hydrogen-bond acceptors (Lipinski definition) is 9. The smallest absolute Gasteiger partial charge is 0.247 e. The first kappa shape index (κ1) is 16.3. The maximum atomic E-state index is 5.69. The van der Waals surface area contributed by atoms with Crippen LogP contribution in [0.2, 0.25) is 0 Å². The zero-order valence-electron chi connectivity index (χ0n) is 12.6. The molecule has 2 aromatic heterocycles. The molecule has 1 aromatic carbocycles. The van der Waals surface area contributed by atoms with Gasteiger partial charge in [-0.1, -0.05) is 41.8 Å². The maximum absolute atomic E-state index is 5.69. The standard InChI is InChI=1S/C14H14N4O2S3/c1-3-21-13-17-18-14(23-13)22-8-11-15-16-12(20-11)9-4-6-10(19-2)7-5-9/h4-7H,3,8H2,1-2H3. The molecular formula is C14H14N4O2S3. The van der Waals surface area contributed by atoms with Crippen molar-refractivity contribution in [3.8, 4) is 17.2 Å². The molecule has 0 radical (unpaired) electrons. The third kappa shape index (κ3) is 4.24. The van der Waals surface area contributed by atoms with E-state index < -0.39 is 0 Å². The molecule has 0 aliphatic heterocycles. The van der Waals surface area contributed by atoms with Gasteiger partial charge < -0.3 is 9.15 Å². The van der Waals surface area contributed by atoms with Gasteiger partial charge in [-0.25, -0.2) is 0 Å². The first-order valence-corrected chi connectivity index (χ1v) is 9.63. The van der Waals surface area contributed by atoms with Gasteiger partial charge in [0.1, 0.15) is 5.75 Å². The van der Waals surface area contributed by atoms with Crippen molar-refractivity contribution in [1.82, 2.24) is 20.4 Å². The summed E-state index contributed by atoms with van der Waals surface area (Å²) in [5.41, 5.74) is 0.868. The Hall–Kier alpha value is -1.58. The van der Waals surface area contributed by atoms with E-state index in [9.17, 15) is 0 Å². The van der Waals surface area contributed by atoms with E-state index in [2.05, 4.69) is 27.3 Å². The highest BCUT2D eigenvalue weighted by Crippen LogP contribution is 2.31. The van der Waals surface area contributed by atoms with Gasteiger partial charge in [0.2, 0.25) is 11.8 Å². The molecule has 0 saturated carbocycles. The van der Waals surface area contributed by atoms with E-state index in [4.69, 9.17) is 9.15 Å². The summed E-state index contributed by atoms with van der Waals surface area (Å²) in [6, 6.07) is 7.51. The van der Waals surface area contributed by atoms with Gasteiger partial charge in [0.15, 0.2) is 8.68 Å². The molecule has 0 unspecified atom stereocenters. The summed E-state index contributed by atoms with van der Waals surface area (Å²) in [7, 11) is 1.63. The zero-order chi connectivity index (χ0) is 16.1. The van der Waals surface area contributed by atoms with Crippen LogP contribution in [-0.4, -0.2) is 33.3 Å². The highest BCUT2D eigenvalue weighted by Gasteiger charge is 2.11. The summed E-state index contributed by atoms with van der Waals surface area (Å²) in [6.45, 7) is 2.10. The molecule has 0 saturated heterocycles. The van der Waals surface area contributed by atoms with E-state index in [-0.39, 0.29) is 0 Å². The lowest BCUT2D eigenvalue weighted by Gasteiger charge is -1.99. The van der Waals surface area contributed by atoms with Gasteiger partial charge in [0.05, 0.1) is 12.9 Å². The minimum absolute atomic E-state index is 0.503. The molecule has 0 N–H and O–H groups in total. The van der Waals surface area contributed by atoms with Crippen LogP contribution in [-0.2, 0) is 5.75 Å². The average Bonchev–Trinajstić information content (AvgIpc) is 3.23. The maximum Gasteiger partial charge on any atom is 0.247 e. The van der Waals surface area contributed by atoms with Gasteiger partial charge in [-0.3, -0.25) is 0 Å². The van der Waals surface area contributed by atoms with Gasteiger partial charge >= 0.3 is 0 Å². The van der Waals surface area contributed by atoms with Crippen LogP contribution in [0.15, 0.2) is 37.4 Å². The number of ether oxygens (including phenoxy) is 1. The Labute approximate surface area is 146 Å². The normalized spacial score (nSPS) is 10.9. The monoisotopic (exact) mass is 366 g/mol. The van der Waals surface area contributed by atoms with Crippen LogP contribution < -0.4 is 4.74 Å². The number of aromatic nitrogens is 4. The predicted molar refractivity (Wildman–Crippen MR) is 92.2 cm³/mol. The summed E-state index contributed by atoms with van der Waals surface area (Å²) in [4.78, 5) is 0. The number of nitrogens with zero attached hydrogens (tertiary/aromatic N) is 4. The van der Waals surface area contributed by atoms with Crippen molar-refractivity contribution in [1.29, 1.82) is 0 Å². The Morgan fingerprint density at radius 2 is 1.78 bits per heavy atom. The van der Waals surface area contributed by atoms with Crippen LogP contribution in [0.4, 0.5) is 0 Å². The number of hydrogen-bond donors (Lipinski definition) is 0. The van der Waals surface area contributed by atoms with E-state index in [1.54, 1.807) is 42.0 Å². The molecule has 23 heavy (non-hydrogen) atoms. The van der Waals surface area contributed by atoms with Crippen LogP contribution in [0.3, 0.4) is 0 Å². The zero-order valence-corrected chi connectivity index (χ0v) is 15.0. The minimum Gasteiger partial charge on any atom is -0.497 e. The topological polar surface area (TPSA) is 73.9 Å². The second kappa shape index (κ2) is 7.80. The SMILES string of the molecule is CCSc1nnc(SCc2nnc(-c3ccc(OC)cc3)o2)s1. The Morgan fingerprint density at radius 1 is 1.04 bits per heavy atom. The fraction of sp³-hybridized carbons (Fsp3) is 0.286. The number of rotatable bonds is 7. The van der Waals surface area contributed by atoms with Gasteiger partial charge in [-0.2, -0.15) is 0 Å². The van der Waals surface area contributed by atoms with E-state index in [1.165, 1.54) is 0 Å². The van der Waals surface area contributed by atoms with Crippen LogP contribution in [0.25, 0.3) is 11.5 Å². The molecule has 0 atom stereocenters. The minimum atomic E-state index is 0.503. The first-order valence-electron chi connectivity index (χ1n) is 6.84. The van der Waals surface area contributed by atoms with Crippen molar-refractivity contribution in [2.24, 2.45) is 0 Å². The molecule has 0 amide bonds. The molecule has 9 heteroatoms. The van der Waals surface area contributed by atoms with Gasteiger partial charge in [-0.15, -0.1) is 20.4 Å². The highest BCUT2D eigenvalue weighted by molar-refractivity contribution is 8.02. The Balaban J connectivity index is 1.62. The molecule has 6 nitrogen and oxygen atoms in total. The molecule has 3 rings (SSSR count). The molecule has 0 fully saturated rings. The van der Waals surface area contributed by atoms with Crippen molar-refractivity contribution < 1.29 is 9.15 Å². The number of benzene rings is 1. The van der Waals surface area contributed by atoms with Crippen LogP contribution in [0, 0.1) is 0 Å². The fourth-order valence-corrected chi connectivity index (χ4v) is 4.48. The van der Waals surface area contributed by atoms with Crippen molar-refractivity contribution in [3.05, 3.63) is 30.2 Å². The van der Waals surface area contributed by atoms with Crippen molar-refractivity contribution >= 4 is 34.9 Å². The van der Waals surface area contributed by atoms with Crippen molar-refractivity contribution in [2.75, 3.05) is 12.9 Å². The van der Waals surface area contributed by atoms with Crippen LogP contribution in [0.5, 0.6) is 5.75 Å². The summed E-state index contributed by atoms with van der Waals surface area (Å²) in [5, 5.41) is 16.4. The quantitative estimate of drug-likeness (QED) is 0.581. The summed E-state index contributed by atoms with van der Waals surface area (Å²) >= 11 is 4.83. The number of thioether (sulfide) groups is 2. The second-order valence-electron chi connectivity index (χ2n) is 4.29. The van der Waals surface area contributed by atoms with E-state index >= 15 is 0 Å². The van der Waals surface area contributed by atoms with Gasteiger partial charge in [-0.05, 0) is 30.0 Å². The lowest BCUT2D eigenvalue weighted by atomic mass is 10.2. The molecule has 0 aliphatic carbocycles. The lowest BCUT2D eigenvalue weighted by Crippen LogP contribution is -1.82. The molecule has 3 aromatic rings. The molecule has 120 valence electrons. The average molecular weight is 366 g/mol. The molecule has 0 bridgehead atoms. The van der Waals surface area contributed by atoms with E-state index in [0.717, 1.165) is 25.7 Å². The second-order valence-corrected chi connectivity index (χ2v) is 8.00. The summed E-state index contributed by atoms with van der Waals surface area (Å²) < 4.78 is 12.7. The van der Waals surface area contributed by atoms with E-state index in [1.807, 2.05) is 24.3 Å². The highest BCUT2D eigenvalue weighted by atomic mass is 32.2. The third-order valence-corrected chi connectivity index (χ3v) is 5.84. The molecule has 0 spiro atoms. The van der Waals surface area contributed by atoms with Crippen molar-refractivity contribution in [3.63, 3.8) is 0 Å². The molecule has 0 aliphatic rings. The predicted octanol–water partition coefficient (Wildman–Crippen LogP) is 4.00.